The van der Waals surface area contributed by atoms with Gasteiger partial charge in [0.2, 0.25) is 5.89 Å². The van der Waals surface area contributed by atoms with Gasteiger partial charge in [-0.05, 0) is 31.7 Å². The maximum absolute atomic E-state index is 12.8. The Morgan fingerprint density at radius 3 is 2.78 bits per heavy atom. The molecule has 1 unspecified atom stereocenters. The minimum absolute atomic E-state index is 0. The number of nitrogens with two attached hydrogens (primary N) is 1. The molecule has 0 bridgehead atoms. The van der Waals surface area contributed by atoms with Crippen LogP contribution in [0.2, 0.25) is 0 Å². The van der Waals surface area contributed by atoms with E-state index in [0.29, 0.717) is 23.1 Å². The zero-order valence-electron chi connectivity index (χ0n) is 14.5. The van der Waals surface area contributed by atoms with Crippen LogP contribution in [-0.4, -0.2) is 32.4 Å². The Hall–Kier alpha value is -2.04. The molecular weight excluding hydrogens is 394 g/mol. The highest BCUT2D eigenvalue weighted by atomic mass is 35.5. The number of nitro groups is 1. The van der Waals surface area contributed by atoms with Crippen molar-refractivity contribution in [3.8, 4) is 0 Å². The third-order valence-electron chi connectivity index (χ3n) is 5.16. The fraction of sp³-hybridized carbons (Fsp3) is 0.562. The number of aromatic nitrogens is 2. The van der Waals surface area contributed by atoms with Gasteiger partial charge >= 0.3 is 5.00 Å². The summed E-state index contributed by atoms with van der Waals surface area (Å²) in [6.45, 7) is 0.556. The van der Waals surface area contributed by atoms with Gasteiger partial charge in [-0.15, -0.1) is 12.4 Å². The van der Waals surface area contributed by atoms with Gasteiger partial charge in [0.1, 0.15) is 6.04 Å². The van der Waals surface area contributed by atoms with E-state index in [1.54, 1.807) is 4.90 Å². The molecule has 4 rings (SSSR count). The first-order valence-electron chi connectivity index (χ1n) is 8.66. The van der Waals surface area contributed by atoms with Gasteiger partial charge in [-0.1, -0.05) is 29.3 Å². The van der Waals surface area contributed by atoms with Gasteiger partial charge in [0, 0.05) is 12.6 Å². The summed E-state index contributed by atoms with van der Waals surface area (Å²) in [5.74, 6) is 0.665. The van der Waals surface area contributed by atoms with Crippen LogP contribution < -0.4 is 5.73 Å². The SMILES string of the molecule is Cl.NC1(c2noc(C3CCCN3C(=O)c3ccc([N+](=O)[O-])s3)n2)CCCC1. The number of carbonyl (C=O) groups is 1. The first kappa shape index (κ1) is 19.7. The third-order valence-corrected chi connectivity index (χ3v) is 6.19. The number of carbonyl (C=O) groups excluding carboxylic acids is 1. The Morgan fingerprint density at radius 1 is 1.37 bits per heavy atom. The maximum Gasteiger partial charge on any atom is 0.324 e. The summed E-state index contributed by atoms with van der Waals surface area (Å²) < 4.78 is 5.45. The standard InChI is InChI=1S/C16H19N5O4S.ClH/c17-16(7-1-2-8-16)15-18-13(25-19-15)10-4-3-9-20(10)14(22)11-5-6-12(26-11)21(23)24;/h5-6,10H,1-4,7-9,17H2;1H. The maximum atomic E-state index is 12.8. The van der Waals surface area contributed by atoms with E-state index in [0.717, 1.165) is 49.9 Å². The van der Waals surface area contributed by atoms with Crippen LogP contribution in [0.1, 0.15) is 66.0 Å². The molecule has 1 atom stereocenters. The summed E-state index contributed by atoms with van der Waals surface area (Å²) >= 11 is 0.881. The van der Waals surface area contributed by atoms with E-state index in [2.05, 4.69) is 10.1 Å². The molecule has 1 amide bonds. The molecule has 0 radical (unpaired) electrons. The zero-order chi connectivity index (χ0) is 18.3. The quantitative estimate of drug-likeness (QED) is 0.601. The van der Waals surface area contributed by atoms with Crippen LogP contribution in [0.15, 0.2) is 16.7 Å². The fourth-order valence-corrected chi connectivity index (χ4v) is 4.53. The van der Waals surface area contributed by atoms with Crippen molar-refractivity contribution in [2.24, 2.45) is 5.73 Å². The molecule has 0 aromatic carbocycles. The normalized spacial score (nSPS) is 21.2. The van der Waals surface area contributed by atoms with E-state index in [9.17, 15) is 14.9 Å². The van der Waals surface area contributed by atoms with Crippen molar-refractivity contribution in [3.63, 3.8) is 0 Å². The minimum Gasteiger partial charge on any atom is -0.337 e. The van der Waals surface area contributed by atoms with E-state index < -0.39 is 10.5 Å². The predicted octanol–water partition coefficient (Wildman–Crippen LogP) is 3.17. The molecule has 1 aliphatic carbocycles. The van der Waals surface area contributed by atoms with Gasteiger partial charge in [0.15, 0.2) is 5.82 Å². The number of likely N-dealkylation sites (tertiary alicyclic amines) is 1. The second-order valence-electron chi connectivity index (χ2n) is 6.87. The topological polar surface area (TPSA) is 128 Å². The molecule has 2 aromatic rings. The molecule has 27 heavy (non-hydrogen) atoms. The lowest BCUT2D eigenvalue weighted by molar-refractivity contribution is -0.380. The summed E-state index contributed by atoms with van der Waals surface area (Å²) in [5.41, 5.74) is 5.84. The highest BCUT2D eigenvalue weighted by molar-refractivity contribution is 7.17. The Labute approximate surface area is 165 Å². The van der Waals surface area contributed by atoms with Crippen LogP contribution in [0.5, 0.6) is 0 Å². The number of nitrogens with zero attached hydrogens (tertiary/aromatic N) is 4. The largest absolute Gasteiger partial charge is 0.337 e. The molecule has 2 aliphatic rings. The third kappa shape index (κ3) is 3.56. The number of amides is 1. The van der Waals surface area contributed by atoms with Gasteiger partial charge in [-0.25, -0.2) is 0 Å². The Balaban J connectivity index is 0.00000210. The van der Waals surface area contributed by atoms with Crippen LogP contribution in [0.3, 0.4) is 0 Å². The summed E-state index contributed by atoms with van der Waals surface area (Å²) in [6, 6.07) is 2.54. The molecule has 3 heterocycles. The van der Waals surface area contributed by atoms with Crippen LogP contribution in [-0.2, 0) is 5.54 Å². The van der Waals surface area contributed by atoms with Crippen molar-refractivity contribution in [1.29, 1.82) is 0 Å². The average Bonchev–Trinajstić information content (AvgIpc) is 3.37. The van der Waals surface area contributed by atoms with Crippen LogP contribution in [0.25, 0.3) is 0 Å². The van der Waals surface area contributed by atoms with Crippen LogP contribution >= 0.6 is 23.7 Å². The van der Waals surface area contributed by atoms with Gasteiger partial charge in [-0.3, -0.25) is 14.9 Å². The van der Waals surface area contributed by atoms with Crippen molar-refractivity contribution >= 4 is 34.7 Å². The summed E-state index contributed by atoms with van der Waals surface area (Å²) in [4.78, 5) is 29.7. The number of halogens is 1. The molecule has 11 heteroatoms. The fourth-order valence-electron chi connectivity index (χ4n) is 3.75. The van der Waals surface area contributed by atoms with Gasteiger partial charge in [-0.2, -0.15) is 4.98 Å². The monoisotopic (exact) mass is 413 g/mol. The molecule has 1 aliphatic heterocycles. The smallest absolute Gasteiger partial charge is 0.324 e. The predicted molar refractivity (Wildman–Crippen MR) is 99.9 cm³/mol. The molecule has 1 saturated carbocycles. The van der Waals surface area contributed by atoms with E-state index >= 15 is 0 Å². The molecule has 2 fully saturated rings. The molecule has 146 valence electrons. The lowest BCUT2D eigenvalue weighted by Crippen LogP contribution is -2.34. The lowest BCUT2D eigenvalue weighted by Gasteiger charge is -2.21. The second kappa shape index (κ2) is 7.53. The van der Waals surface area contributed by atoms with E-state index in [4.69, 9.17) is 10.3 Å². The first-order valence-corrected chi connectivity index (χ1v) is 9.48. The number of hydrogen-bond acceptors (Lipinski definition) is 8. The highest BCUT2D eigenvalue weighted by Gasteiger charge is 2.39. The number of hydrogen-bond donors (Lipinski definition) is 1. The Bertz CT molecular complexity index is 847. The molecule has 2 aromatic heterocycles. The Morgan fingerprint density at radius 2 is 2.11 bits per heavy atom. The zero-order valence-corrected chi connectivity index (χ0v) is 16.1. The summed E-state index contributed by atoms with van der Waals surface area (Å²) in [7, 11) is 0. The first-order chi connectivity index (χ1) is 12.5. The Kier molecular flexibility index (Phi) is 5.50. The highest BCUT2D eigenvalue weighted by Crippen LogP contribution is 2.38. The molecule has 0 spiro atoms. The number of rotatable bonds is 4. The number of thiophene rings is 1. The molecule has 2 N–H and O–H groups in total. The average molecular weight is 414 g/mol. The second-order valence-corrected chi connectivity index (χ2v) is 7.93. The van der Waals surface area contributed by atoms with Gasteiger partial charge in [0.05, 0.1) is 15.3 Å². The van der Waals surface area contributed by atoms with E-state index in [1.807, 2.05) is 0 Å². The van der Waals surface area contributed by atoms with Gasteiger partial charge in [0.25, 0.3) is 5.91 Å². The van der Waals surface area contributed by atoms with Crippen LogP contribution in [0, 0.1) is 10.1 Å². The minimum atomic E-state index is -0.538. The van der Waals surface area contributed by atoms with Crippen molar-refractivity contribution in [3.05, 3.63) is 38.8 Å². The molecule has 9 nitrogen and oxygen atoms in total. The van der Waals surface area contributed by atoms with Crippen molar-refractivity contribution in [1.82, 2.24) is 15.0 Å². The van der Waals surface area contributed by atoms with Crippen molar-refractivity contribution in [2.45, 2.75) is 50.1 Å². The van der Waals surface area contributed by atoms with E-state index in [1.165, 1.54) is 12.1 Å². The molecule has 1 saturated heterocycles. The molecular formula is C16H20ClN5O4S. The lowest BCUT2D eigenvalue weighted by atomic mass is 9.98. The van der Waals surface area contributed by atoms with Crippen LogP contribution in [0.4, 0.5) is 5.00 Å². The van der Waals surface area contributed by atoms with E-state index in [-0.39, 0.29) is 29.4 Å². The van der Waals surface area contributed by atoms with Crippen molar-refractivity contribution < 1.29 is 14.2 Å². The van der Waals surface area contributed by atoms with Gasteiger partial charge < -0.3 is 15.2 Å². The summed E-state index contributed by atoms with van der Waals surface area (Å²) in [5, 5.41) is 14.9. The van der Waals surface area contributed by atoms with Crippen molar-refractivity contribution in [2.75, 3.05) is 6.54 Å². The summed E-state index contributed by atoms with van der Waals surface area (Å²) in [6.07, 6.45) is 5.29.